The summed E-state index contributed by atoms with van der Waals surface area (Å²) in [6.07, 6.45) is 4.22. The Kier molecular flexibility index (Phi) is 5.17. The minimum atomic E-state index is -0.322. The van der Waals surface area contributed by atoms with Crippen LogP contribution in [0.2, 0.25) is 0 Å². The van der Waals surface area contributed by atoms with Crippen molar-refractivity contribution < 1.29 is 18.8 Å². The molecule has 0 saturated heterocycles. The van der Waals surface area contributed by atoms with Crippen molar-refractivity contribution in [1.29, 1.82) is 0 Å². The number of methoxy groups -OCH3 is 1. The van der Waals surface area contributed by atoms with Gasteiger partial charge in [0.15, 0.2) is 5.71 Å². The van der Waals surface area contributed by atoms with Crippen molar-refractivity contribution in [1.82, 2.24) is 0 Å². The molecule has 2 aromatic carbocycles. The van der Waals surface area contributed by atoms with E-state index in [0.29, 0.717) is 12.2 Å². The summed E-state index contributed by atoms with van der Waals surface area (Å²) in [6.45, 7) is 7.11. The number of hydrogen-bond acceptors (Lipinski definition) is 3. The monoisotopic (exact) mass is 364 g/mol. The van der Waals surface area contributed by atoms with Crippen LogP contribution >= 0.6 is 0 Å². The maximum absolute atomic E-state index is 11.6. The number of ether oxygens (including phenoxy) is 2. The minimum Gasteiger partial charge on any atom is -0.494 e. The molecule has 1 heterocycles. The molecular formula is C23H26NO3+. The molecule has 3 rings (SSSR count). The normalized spacial score (nSPS) is 15.1. The summed E-state index contributed by atoms with van der Waals surface area (Å²) in [6, 6.07) is 13.7. The Morgan fingerprint density at radius 3 is 2.44 bits per heavy atom. The lowest BCUT2D eigenvalue weighted by atomic mass is 9.81. The van der Waals surface area contributed by atoms with Crippen LogP contribution in [0.5, 0.6) is 5.75 Å². The van der Waals surface area contributed by atoms with Crippen LogP contribution in [-0.4, -0.2) is 37.0 Å². The van der Waals surface area contributed by atoms with Crippen LogP contribution < -0.4 is 4.74 Å². The zero-order chi connectivity index (χ0) is 19.6. The SMILES string of the molecule is CCOc1ccc2c(c1)[N+](C)=C(/C=C/c1ccc(C(=O)OC)cc1)C2(C)C. The maximum Gasteiger partial charge on any atom is 0.337 e. The molecule has 1 aliphatic heterocycles. The van der Waals surface area contributed by atoms with Gasteiger partial charge in [0.05, 0.1) is 30.8 Å². The average molecular weight is 364 g/mol. The summed E-state index contributed by atoms with van der Waals surface area (Å²) in [4.78, 5) is 11.6. The highest BCUT2D eigenvalue weighted by atomic mass is 16.5. The second-order valence-corrected chi connectivity index (χ2v) is 7.13. The van der Waals surface area contributed by atoms with Gasteiger partial charge < -0.3 is 9.47 Å². The summed E-state index contributed by atoms with van der Waals surface area (Å²) in [7, 11) is 3.47. The molecule has 0 atom stereocenters. The van der Waals surface area contributed by atoms with Crippen LogP contribution in [-0.2, 0) is 10.2 Å². The number of carbonyl (C=O) groups excluding carboxylic acids is 1. The fourth-order valence-electron chi connectivity index (χ4n) is 3.60. The summed E-state index contributed by atoms with van der Waals surface area (Å²) in [5, 5.41) is 0. The smallest absolute Gasteiger partial charge is 0.337 e. The molecule has 4 nitrogen and oxygen atoms in total. The first-order chi connectivity index (χ1) is 12.9. The summed E-state index contributed by atoms with van der Waals surface area (Å²) in [5.41, 5.74) is 5.16. The number of benzene rings is 2. The van der Waals surface area contributed by atoms with Gasteiger partial charge in [0, 0.05) is 11.6 Å². The summed E-state index contributed by atoms with van der Waals surface area (Å²) < 4.78 is 12.6. The molecule has 0 amide bonds. The second-order valence-electron chi connectivity index (χ2n) is 7.13. The zero-order valence-corrected chi connectivity index (χ0v) is 16.6. The summed E-state index contributed by atoms with van der Waals surface area (Å²) in [5.74, 6) is 0.569. The standard InChI is InChI=1S/C23H26NO3/c1-6-27-18-12-13-19-20(15-18)24(4)21(23(19,2)3)14-9-16-7-10-17(11-8-16)22(25)26-5/h7-15H,6H2,1-5H3/q+1/b14-9+. The van der Waals surface area contributed by atoms with E-state index in [9.17, 15) is 4.79 Å². The highest BCUT2D eigenvalue weighted by molar-refractivity contribution is 6.05. The molecule has 0 aliphatic carbocycles. The van der Waals surface area contributed by atoms with Gasteiger partial charge in [-0.05, 0) is 56.7 Å². The topological polar surface area (TPSA) is 38.5 Å². The van der Waals surface area contributed by atoms with Crippen LogP contribution in [0.1, 0.15) is 42.3 Å². The molecular weight excluding hydrogens is 338 g/mol. The lowest BCUT2D eigenvalue weighted by molar-refractivity contribution is -0.401. The van der Waals surface area contributed by atoms with Crippen LogP contribution in [0.15, 0.2) is 48.5 Å². The van der Waals surface area contributed by atoms with Gasteiger partial charge in [-0.1, -0.05) is 12.1 Å². The van der Waals surface area contributed by atoms with Crippen molar-refractivity contribution in [2.75, 3.05) is 20.8 Å². The van der Waals surface area contributed by atoms with Gasteiger partial charge >= 0.3 is 5.97 Å². The Labute approximate surface area is 160 Å². The Morgan fingerprint density at radius 1 is 1.11 bits per heavy atom. The van der Waals surface area contributed by atoms with Crippen molar-refractivity contribution in [2.24, 2.45) is 0 Å². The van der Waals surface area contributed by atoms with Gasteiger partial charge in [-0.25, -0.2) is 4.79 Å². The molecule has 0 unspecified atom stereocenters. The Bertz CT molecular complexity index is 921. The molecule has 27 heavy (non-hydrogen) atoms. The highest BCUT2D eigenvalue weighted by Crippen LogP contribution is 2.41. The molecule has 0 saturated carbocycles. The third-order valence-corrected chi connectivity index (χ3v) is 5.08. The van der Waals surface area contributed by atoms with E-state index in [1.165, 1.54) is 24.1 Å². The average Bonchev–Trinajstić information content (AvgIpc) is 2.86. The highest BCUT2D eigenvalue weighted by Gasteiger charge is 2.43. The van der Waals surface area contributed by atoms with Crippen molar-refractivity contribution in [3.8, 4) is 5.75 Å². The van der Waals surface area contributed by atoms with Crippen molar-refractivity contribution in [3.05, 3.63) is 65.2 Å². The van der Waals surface area contributed by atoms with Gasteiger partial charge in [0.2, 0.25) is 5.69 Å². The Balaban J connectivity index is 1.91. The van der Waals surface area contributed by atoms with E-state index in [4.69, 9.17) is 9.47 Å². The number of esters is 1. The van der Waals surface area contributed by atoms with E-state index in [0.717, 1.165) is 11.3 Å². The predicted molar refractivity (Wildman–Crippen MR) is 108 cm³/mol. The lowest BCUT2D eigenvalue weighted by Crippen LogP contribution is -2.26. The van der Waals surface area contributed by atoms with E-state index in [-0.39, 0.29) is 11.4 Å². The maximum atomic E-state index is 11.6. The fraction of sp³-hybridized carbons (Fsp3) is 0.304. The van der Waals surface area contributed by atoms with Gasteiger partial charge in [0.1, 0.15) is 12.8 Å². The number of rotatable bonds is 5. The number of hydrogen-bond donors (Lipinski definition) is 0. The first-order valence-electron chi connectivity index (χ1n) is 9.13. The molecule has 0 aromatic heterocycles. The first kappa shape index (κ1) is 18.9. The van der Waals surface area contributed by atoms with Crippen molar-refractivity contribution in [2.45, 2.75) is 26.2 Å². The van der Waals surface area contributed by atoms with Crippen LogP contribution in [0, 0.1) is 0 Å². The lowest BCUT2D eigenvalue weighted by Gasteiger charge is -2.15. The van der Waals surface area contributed by atoms with E-state index in [1.807, 2.05) is 25.1 Å². The number of carbonyl (C=O) groups is 1. The van der Waals surface area contributed by atoms with E-state index >= 15 is 0 Å². The zero-order valence-electron chi connectivity index (χ0n) is 16.6. The van der Waals surface area contributed by atoms with E-state index in [2.05, 4.69) is 49.8 Å². The third kappa shape index (κ3) is 3.52. The van der Waals surface area contributed by atoms with Crippen LogP contribution in [0.4, 0.5) is 5.69 Å². The molecule has 0 radical (unpaired) electrons. The first-order valence-corrected chi connectivity index (χ1v) is 9.13. The molecule has 140 valence electrons. The van der Waals surface area contributed by atoms with Crippen molar-refractivity contribution >= 4 is 23.4 Å². The predicted octanol–water partition coefficient (Wildman–Crippen LogP) is 4.59. The largest absolute Gasteiger partial charge is 0.494 e. The van der Waals surface area contributed by atoms with Crippen LogP contribution in [0.3, 0.4) is 0 Å². The Morgan fingerprint density at radius 2 is 1.81 bits per heavy atom. The molecule has 2 aromatic rings. The minimum absolute atomic E-state index is 0.0999. The summed E-state index contributed by atoms with van der Waals surface area (Å²) >= 11 is 0. The number of allylic oxidation sites excluding steroid dienone is 1. The van der Waals surface area contributed by atoms with Gasteiger partial charge in [-0.2, -0.15) is 4.58 Å². The second kappa shape index (κ2) is 7.39. The van der Waals surface area contributed by atoms with Gasteiger partial charge in [0.25, 0.3) is 0 Å². The fourth-order valence-corrected chi connectivity index (χ4v) is 3.60. The Hall–Kier alpha value is -2.88. The van der Waals surface area contributed by atoms with Crippen LogP contribution in [0.25, 0.3) is 6.08 Å². The van der Waals surface area contributed by atoms with E-state index in [1.54, 1.807) is 12.1 Å². The molecule has 0 spiro atoms. The number of fused-ring (bicyclic) bond motifs is 1. The third-order valence-electron chi connectivity index (χ3n) is 5.08. The molecule has 0 N–H and O–H groups in total. The molecule has 0 bridgehead atoms. The number of nitrogens with zero attached hydrogens (tertiary/aromatic N) is 1. The van der Waals surface area contributed by atoms with Crippen molar-refractivity contribution in [3.63, 3.8) is 0 Å². The molecule has 0 fully saturated rings. The molecule has 4 heteroatoms. The van der Waals surface area contributed by atoms with Gasteiger partial charge in [-0.3, -0.25) is 0 Å². The van der Waals surface area contributed by atoms with E-state index < -0.39 is 0 Å². The quantitative estimate of drug-likeness (QED) is 0.575. The molecule has 1 aliphatic rings. The van der Waals surface area contributed by atoms with Gasteiger partial charge in [-0.15, -0.1) is 0 Å².